The number of thiazole rings is 1. The van der Waals surface area contributed by atoms with Crippen LogP contribution < -0.4 is 14.4 Å². The molecule has 1 aliphatic rings. The zero-order valence-electron chi connectivity index (χ0n) is 19.6. The summed E-state index contributed by atoms with van der Waals surface area (Å²) in [6.45, 7) is 1.95. The molecule has 0 saturated carbocycles. The van der Waals surface area contributed by atoms with Gasteiger partial charge in [0.25, 0.3) is 5.78 Å². The zero-order valence-corrected chi connectivity index (χ0v) is 20.4. The van der Waals surface area contributed by atoms with E-state index in [0.717, 1.165) is 10.3 Å². The summed E-state index contributed by atoms with van der Waals surface area (Å²) in [4.78, 5) is 32.7. The van der Waals surface area contributed by atoms with Crippen LogP contribution in [-0.2, 0) is 9.59 Å². The number of aliphatic hydroxyl groups is 1. The van der Waals surface area contributed by atoms with Crippen LogP contribution in [-0.4, -0.2) is 36.0 Å². The van der Waals surface area contributed by atoms with Gasteiger partial charge in [-0.15, -0.1) is 0 Å². The van der Waals surface area contributed by atoms with Crippen molar-refractivity contribution in [1.82, 2.24) is 4.98 Å². The standard InChI is InChI=1S/C27H21FN2O5S/c1-14-7-12-18-20(13-14)36-27(29-18)30-22(17-5-4-6-19(34-2)25(17)35-3)21(24(32)26(30)33)23(31)15-8-10-16(28)11-9-15/h4-13,22,31H,1-3H3/t22-/m0/s1. The Bertz CT molecular complexity index is 1540. The molecule has 0 unspecified atom stereocenters. The number of carbonyl (C=O) groups is 2. The molecule has 182 valence electrons. The summed E-state index contributed by atoms with van der Waals surface area (Å²) >= 11 is 1.26. The number of Topliss-reactive ketones (excluding diaryl/α,β-unsaturated/α-hetero) is 1. The summed E-state index contributed by atoms with van der Waals surface area (Å²) in [5.41, 5.74) is 2.17. The van der Waals surface area contributed by atoms with E-state index in [0.29, 0.717) is 27.7 Å². The average molecular weight is 505 g/mol. The van der Waals surface area contributed by atoms with Crippen LogP contribution in [0.15, 0.2) is 66.2 Å². The number of benzene rings is 3. The molecule has 0 radical (unpaired) electrons. The Kier molecular flexibility index (Phi) is 5.93. The molecule has 3 aromatic carbocycles. The quantitative estimate of drug-likeness (QED) is 0.223. The molecule has 5 rings (SSSR count). The number of aromatic nitrogens is 1. The first-order chi connectivity index (χ1) is 17.3. The third-order valence-corrected chi connectivity index (χ3v) is 7.05. The minimum atomic E-state index is -1.07. The van der Waals surface area contributed by atoms with Crippen molar-refractivity contribution in [3.63, 3.8) is 0 Å². The highest BCUT2D eigenvalue weighted by atomic mass is 32.1. The fourth-order valence-electron chi connectivity index (χ4n) is 4.34. The summed E-state index contributed by atoms with van der Waals surface area (Å²) in [6.07, 6.45) is 0. The van der Waals surface area contributed by atoms with Crippen molar-refractivity contribution >= 4 is 44.1 Å². The topological polar surface area (TPSA) is 89.0 Å². The van der Waals surface area contributed by atoms with Crippen LogP contribution in [0.2, 0.25) is 0 Å². The van der Waals surface area contributed by atoms with E-state index in [1.165, 1.54) is 54.7 Å². The minimum Gasteiger partial charge on any atom is -0.507 e. The lowest BCUT2D eigenvalue weighted by molar-refractivity contribution is -0.132. The second-order valence-corrected chi connectivity index (χ2v) is 9.24. The molecule has 7 nitrogen and oxygen atoms in total. The highest BCUT2D eigenvalue weighted by Gasteiger charge is 2.49. The number of anilines is 1. The predicted octanol–water partition coefficient (Wildman–Crippen LogP) is 5.39. The number of aliphatic hydroxyl groups excluding tert-OH is 1. The van der Waals surface area contributed by atoms with Crippen LogP contribution in [0.3, 0.4) is 0 Å². The highest BCUT2D eigenvalue weighted by Crippen LogP contribution is 2.48. The van der Waals surface area contributed by atoms with Gasteiger partial charge in [-0.1, -0.05) is 29.5 Å². The van der Waals surface area contributed by atoms with Gasteiger partial charge in [0.05, 0.1) is 30.0 Å². The maximum absolute atomic E-state index is 13.5. The summed E-state index contributed by atoms with van der Waals surface area (Å²) in [5.74, 6) is -1.96. The van der Waals surface area contributed by atoms with Gasteiger partial charge in [0.1, 0.15) is 17.6 Å². The lowest BCUT2D eigenvalue weighted by Crippen LogP contribution is -2.29. The number of aryl methyl sites for hydroxylation is 1. The molecule has 0 aliphatic carbocycles. The van der Waals surface area contributed by atoms with Gasteiger partial charge in [-0.3, -0.25) is 14.5 Å². The number of hydrogen-bond acceptors (Lipinski definition) is 7. The van der Waals surface area contributed by atoms with Gasteiger partial charge in [-0.25, -0.2) is 9.37 Å². The van der Waals surface area contributed by atoms with Gasteiger partial charge < -0.3 is 14.6 Å². The number of fused-ring (bicyclic) bond motifs is 1. The second kappa shape index (κ2) is 9.09. The number of ether oxygens (including phenoxy) is 2. The maximum Gasteiger partial charge on any atom is 0.301 e. The molecule has 4 aromatic rings. The first-order valence-electron chi connectivity index (χ1n) is 11.0. The van der Waals surface area contributed by atoms with Crippen LogP contribution in [0.4, 0.5) is 9.52 Å². The van der Waals surface area contributed by atoms with Crippen LogP contribution >= 0.6 is 11.3 Å². The largest absolute Gasteiger partial charge is 0.507 e. The Morgan fingerprint density at radius 2 is 1.81 bits per heavy atom. The van der Waals surface area contributed by atoms with E-state index in [4.69, 9.17) is 9.47 Å². The number of rotatable bonds is 5. The fourth-order valence-corrected chi connectivity index (χ4v) is 5.43. The molecule has 0 spiro atoms. The molecule has 0 bridgehead atoms. The number of amides is 1. The van der Waals surface area contributed by atoms with Crippen LogP contribution in [0.5, 0.6) is 11.5 Å². The Hall–Kier alpha value is -4.24. The minimum absolute atomic E-state index is 0.159. The Morgan fingerprint density at radius 3 is 2.50 bits per heavy atom. The van der Waals surface area contributed by atoms with Gasteiger partial charge in [0.15, 0.2) is 16.6 Å². The van der Waals surface area contributed by atoms with Crippen molar-refractivity contribution < 1.29 is 28.6 Å². The van der Waals surface area contributed by atoms with Crippen LogP contribution in [0.25, 0.3) is 16.0 Å². The van der Waals surface area contributed by atoms with Crippen molar-refractivity contribution in [3.8, 4) is 11.5 Å². The van der Waals surface area contributed by atoms with Gasteiger partial charge in [-0.05, 0) is 55.0 Å². The number of hydrogen-bond donors (Lipinski definition) is 1. The molecule has 1 N–H and O–H groups in total. The molecule has 1 atom stereocenters. The lowest BCUT2D eigenvalue weighted by atomic mass is 9.94. The monoisotopic (exact) mass is 504 g/mol. The smallest absolute Gasteiger partial charge is 0.301 e. The number of nitrogens with zero attached hydrogens (tertiary/aromatic N) is 2. The van der Waals surface area contributed by atoms with Gasteiger partial charge in [0, 0.05) is 11.1 Å². The lowest BCUT2D eigenvalue weighted by Gasteiger charge is -2.25. The molecule has 1 aliphatic heterocycles. The summed E-state index contributed by atoms with van der Waals surface area (Å²) in [5, 5.41) is 11.5. The zero-order chi connectivity index (χ0) is 25.6. The van der Waals surface area contributed by atoms with Crippen molar-refractivity contribution in [3.05, 3.63) is 88.7 Å². The van der Waals surface area contributed by atoms with E-state index in [-0.39, 0.29) is 11.1 Å². The number of halogens is 1. The third-order valence-electron chi connectivity index (χ3n) is 6.03. The van der Waals surface area contributed by atoms with Crippen molar-refractivity contribution in [2.45, 2.75) is 13.0 Å². The molecule has 9 heteroatoms. The highest BCUT2D eigenvalue weighted by molar-refractivity contribution is 7.22. The van der Waals surface area contributed by atoms with Crippen molar-refractivity contribution in [2.75, 3.05) is 19.1 Å². The fraction of sp³-hybridized carbons (Fsp3) is 0.148. The molecule has 1 amide bonds. The van der Waals surface area contributed by atoms with E-state index in [9.17, 15) is 19.1 Å². The molecular formula is C27H21FN2O5S. The SMILES string of the molecule is COc1cccc([C@H]2C(=C(O)c3ccc(F)cc3)C(=O)C(=O)N2c2nc3ccc(C)cc3s2)c1OC. The number of methoxy groups -OCH3 is 2. The Morgan fingerprint density at radius 1 is 1.06 bits per heavy atom. The van der Waals surface area contributed by atoms with Crippen LogP contribution in [0.1, 0.15) is 22.7 Å². The van der Waals surface area contributed by atoms with E-state index in [1.807, 2.05) is 25.1 Å². The summed E-state index contributed by atoms with van der Waals surface area (Å²) < 4.78 is 25.4. The number of ketones is 1. The molecule has 2 heterocycles. The van der Waals surface area contributed by atoms with Gasteiger partial charge >= 0.3 is 5.91 Å². The average Bonchev–Trinajstić information content (AvgIpc) is 3.40. The summed E-state index contributed by atoms with van der Waals surface area (Å²) in [7, 11) is 2.93. The van der Waals surface area contributed by atoms with E-state index in [1.54, 1.807) is 18.2 Å². The van der Waals surface area contributed by atoms with Crippen molar-refractivity contribution in [1.29, 1.82) is 0 Å². The normalized spacial score (nSPS) is 17.1. The van der Waals surface area contributed by atoms with E-state index in [2.05, 4.69) is 4.98 Å². The number of para-hydroxylation sites is 1. The Labute approximate surface area is 210 Å². The molecule has 36 heavy (non-hydrogen) atoms. The van der Waals surface area contributed by atoms with Crippen molar-refractivity contribution in [2.24, 2.45) is 0 Å². The van der Waals surface area contributed by atoms with E-state index < -0.39 is 29.3 Å². The number of carbonyl (C=O) groups excluding carboxylic acids is 2. The second-order valence-electron chi connectivity index (χ2n) is 8.23. The Balaban J connectivity index is 1.79. The molecule has 1 saturated heterocycles. The molecule has 1 fully saturated rings. The maximum atomic E-state index is 13.5. The van der Waals surface area contributed by atoms with Gasteiger partial charge in [0.2, 0.25) is 0 Å². The van der Waals surface area contributed by atoms with E-state index >= 15 is 0 Å². The molecular weight excluding hydrogens is 483 g/mol. The summed E-state index contributed by atoms with van der Waals surface area (Å²) in [6, 6.07) is 14.8. The first kappa shape index (κ1) is 23.5. The van der Waals surface area contributed by atoms with Crippen LogP contribution in [0, 0.1) is 12.7 Å². The predicted molar refractivity (Wildman–Crippen MR) is 135 cm³/mol. The molecule has 1 aromatic heterocycles. The van der Waals surface area contributed by atoms with Gasteiger partial charge in [-0.2, -0.15) is 0 Å². The third kappa shape index (κ3) is 3.77. The first-order valence-corrected chi connectivity index (χ1v) is 11.8.